The van der Waals surface area contributed by atoms with Crippen LogP contribution in [-0.4, -0.2) is 18.4 Å². The molecule has 0 saturated heterocycles. The Morgan fingerprint density at radius 1 is 1.24 bits per heavy atom. The molecule has 0 radical (unpaired) electrons. The van der Waals surface area contributed by atoms with Crippen molar-refractivity contribution in [3.8, 4) is 0 Å². The summed E-state index contributed by atoms with van der Waals surface area (Å²) in [6.45, 7) is 8.17. The van der Waals surface area contributed by atoms with Gasteiger partial charge in [-0.2, -0.15) is 0 Å². The number of Topliss-reactive ketones (excluding diaryl/α,β-unsaturated/α-hetero) is 1. The van der Waals surface area contributed by atoms with Crippen LogP contribution in [0.25, 0.3) is 0 Å². The highest BCUT2D eigenvalue weighted by atomic mass is 16.1. The van der Waals surface area contributed by atoms with Gasteiger partial charge in [-0.25, -0.2) is 0 Å². The van der Waals surface area contributed by atoms with Gasteiger partial charge in [-0.1, -0.05) is 38.1 Å². The van der Waals surface area contributed by atoms with Gasteiger partial charge in [-0.05, 0) is 37.9 Å². The fraction of sp³-hybridized carbons (Fsp3) is 0.533. The van der Waals surface area contributed by atoms with Crippen molar-refractivity contribution in [1.82, 2.24) is 5.32 Å². The highest BCUT2D eigenvalue weighted by molar-refractivity contribution is 5.89. The average Bonchev–Trinajstić information content (AvgIpc) is 2.29. The third-order valence-electron chi connectivity index (χ3n) is 3.33. The maximum Gasteiger partial charge on any atom is 0.156 e. The predicted molar refractivity (Wildman–Crippen MR) is 72.4 cm³/mol. The first-order valence-corrected chi connectivity index (χ1v) is 6.18. The maximum atomic E-state index is 12.0. The number of hydrogen-bond donors (Lipinski definition) is 1. The number of hydrogen-bond acceptors (Lipinski definition) is 2. The van der Waals surface area contributed by atoms with Crippen molar-refractivity contribution in [2.45, 2.75) is 45.6 Å². The zero-order valence-corrected chi connectivity index (χ0v) is 11.5. The molecule has 1 rings (SSSR count). The smallest absolute Gasteiger partial charge is 0.156 e. The van der Waals surface area contributed by atoms with Crippen molar-refractivity contribution in [1.29, 1.82) is 0 Å². The van der Waals surface area contributed by atoms with Gasteiger partial charge < -0.3 is 5.32 Å². The highest BCUT2D eigenvalue weighted by Crippen LogP contribution is 2.16. The van der Waals surface area contributed by atoms with Gasteiger partial charge in [-0.15, -0.1) is 0 Å². The molecule has 1 N–H and O–H groups in total. The summed E-state index contributed by atoms with van der Waals surface area (Å²) in [6.07, 6.45) is 0.492. The summed E-state index contributed by atoms with van der Waals surface area (Å²) in [7, 11) is 1.82. The van der Waals surface area contributed by atoms with Gasteiger partial charge in [0, 0.05) is 6.42 Å². The van der Waals surface area contributed by atoms with Crippen molar-refractivity contribution in [3.63, 3.8) is 0 Å². The van der Waals surface area contributed by atoms with Gasteiger partial charge in [0.05, 0.1) is 5.54 Å². The second-order valence-electron chi connectivity index (χ2n) is 5.37. The van der Waals surface area contributed by atoms with Gasteiger partial charge >= 0.3 is 0 Å². The second kappa shape index (κ2) is 5.46. The zero-order chi connectivity index (χ0) is 13.1. The van der Waals surface area contributed by atoms with E-state index in [0.29, 0.717) is 12.3 Å². The van der Waals surface area contributed by atoms with E-state index in [9.17, 15) is 4.79 Å². The minimum atomic E-state index is -0.448. The van der Waals surface area contributed by atoms with Crippen LogP contribution in [0.15, 0.2) is 24.3 Å². The summed E-state index contributed by atoms with van der Waals surface area (Å²) >= 11 is 0. The largest absolute Gasteiger partial charge is 0.308 e. The lowest BCUT2D eigenvalue weighted by atomic mass is 9.93. The normalized spacial score (nSPS) is 11.9. The van der Waals surface area contributed by atoms with Crippen molar-refractivity contribution < 1.29 is 4.79 Å². The molecule has 0 unspecified atom stereocenters. The molecular formula is C15H23NO. The Morgan fingerprint density at radius 3 is 2.18 bits per heavy atom. The lowest BCUT2D eigenvalue weighted by molar-refractivity contribution is -0.123. The van der Waals surface area contributed by atoms with Gasteiger partial charge in [0.15, 0.2) is 5.78 Å². The molecule has 0 aliphatic rings. The first kappa shape index (κ1) is 13.9. The third kappa shape index (κ3) is 3.67. The molecule has 2 heteroatoms. The molecule has 2 nitrogen and oxygen atoms in total. The second-order valence-corrected chi connectivity index (χ2v) is 5.37. The number of benzene rings is 1. The fourth-order valence-corrected chi connectivity index (χ4v) is 1.57. The Balaban J connectivity index is 2.73. The molecule has 94 valence electrons. The number of nitrogens with one attached hydrogen (secondary N) is 1. The minimum absolute atomic E-state index is 0.220. The van der Waals surface area contributed by atoms with Gasteiger partial charge in [0.2, 0.25) is 0 Å². The monoisotopic (exact) mass is 233 g/mol. The number of carbonyl (C=O) groups excluding carboxylic acids is 1. The van der Waals surface area contributed by atoms with Crippen molar-refractivity contribution in [3.05, 3.63) is 35.4 Å². The summed E-state index contributed by atoms with van der Waals surface area (Å²) in [6, 6.07) is 8.33. The van der Waals surface area contributed by atoms with Crippen molar-refractivity contribution in [2.75, 3.05) is 7.05 Å². The first-order valence-electron chi connectivity index (χ1n) is 6.18. The topological polar surface area (TPSA) is 29.1 Å². The van der Waals surface area contributed by atoms with Crippen LogP contribution in [0.3, 0.4) is 0 Å². The molecule has 0 heterocycles. The third-order valence-corrected chi connectivity index (χ3v) is 3.33. The molecule has 0 atom stereocenters. The molecule has 0 amide bonds. The van der Waals surface area contributed by atoms with Gasteiger partial charge in [0.1, 0.15) is 0 Å². The molecule has 17 heavy (non-hydrogen) atoms. The number of likely N-dealkylation sites (N-methyl/N-ethyl adjacent to an activating group) is 1. The standard InChI is InChI=1S/C15H23NO/c1-11(2)13-8-6-12(7-9-13)10-14(17)15(3,4)16-5/h6-9,11,16H,10H2,1-5H3. The van der Waals surface area contributed by atoms with E-state index in [2.05, 4.69) is 43.4 Å². The summed E-state index contributed by atoms with van der Waals surface area (Å²) in [5.41, 5.74) is 1.95. The summed E-state index contributed by atoms with van der Waals surface area (Å²) < 4.78 is 0. The lowest BCUT2D eigenvalue weighted by Gasteiger charge is -2.22. The Kier molecular flexibility index (Phi) is 4.47. The van der Waals surface area contributed by atoms with E-state index < -0.39 is 5.54 Å². The van der Waals surface area contributed by atoms with E-state index in [4.69, 9.17) is 0 Å². The Labute approximate surface area is 104 Å². The van der Waals surface area contributed by atoms with Crippen LogP contribution in [0, 0.1) is 0 Å². The SMILES string of the molecule is CNC(C)(C)C(=O)Cc1ccc(C(C)C)cc1. The quantitative estimate of drug-likeness (QED) is 0.847. The fourth-order valence-electron chi connectivity index (χ4n) is 1.57. The van der Waals surface area contributed by atoms with Crippen LogP contribution >= 0.6 is 0 Å². The lowest BCUT2D eigenvalue weighted by Crippen LogP contribution is -2.45. The van der Waals surface area contributed by atoms with Crippen LogP contribution in [0.2, 0.25) is 0 Å². The molecule has 0 fully saturated rings. The minimum Gasteiger partial charge on any atom is -0.308 e. The summed E-state index contributed by atoms with van der Waals surface area (Å²) in [4.78, 5) is 12.0. The highest BCUT2D eigenvalue weighted by Gasteiger charge is 2.24. The molecular weight excluding hydrogens is 210 g/mol. The molecule has 0 spiro atoms. The maximum absolute atomic E-state index is 12.0. The molecule has 0 bridgehead atoms. The Bertz CT molecular complexity index is 376. The molecule has 1 aromatic carbocycles. The van der Waals surface area contributed by atoms with Crippen LogP contribution in [0.4, 0.5) is 0 Å². The van der Waals surface area contributed by atoms with E-state index in [0.717, 1.165) is 5.56 Å². The zero-order valence-electron chi connectivity index (χ0n) is 11.5. The van der Waals surface area contributed by atoms with E-state index in [1.54, 1.807) is 0 Å². The van der Waals surface area contributed by atoms with E-state index in [1.807, 2.05) is 20.9 Å². The number of carbonyl (C=O) groups is 1. The first-order chi connectivity index (χ1) is 7.86. The van der Waals surface area contributed by atoms with Gasteiger partial charge in [0.25, 0.3) is 0 Å². The summed E-state index contributed by atoms with van der Waals surface area (Å²) in [5, 5.41) is 3.04. The summed E-state index contributed by atoms with van der Waals surface area (Å²) in [5.74, 6) is 0.755. The van der Waals surface area contributed by atoms with Crippen LogP contribution < -0.4 is 5.32 Å². The average molecular weight is 233 g/mol. The number of rotatable bonds is 5. The molecule has 0 aliphatic heterocycles. The Morgan fingerprint density at radius 2 is 1.76 bits per heavy atom. The van der Waals surface area contributed by atoms with E-state index >= 15 is 0 Å². The Hall–Kier alpha value is -1.15. The van der Waals surface area contributed by atoms with Gasteiger partial charge in [-0.3, -0.25) is 4.79 Å². The number of ketones is 1. The van der Waals surface area contributed by atoms with Crippen molar-refractivity contribution in [2.24, 2.45) is 0 Å². The van der Waals surface area contributed by atoms with Crippen molar-refractivity contribution >= 4 is 5.78 Å². The van der Waals surface area contributed by atoms with Crippen LogP contribution in [0.5, 0.6) is 0 Å². The van der Waals surface area contributed by atoms with Crippen LogP contribution in [-0.2, 0) is 11.2 Å². The van der Waals surface area contributed by atoms with Crippen LogP contribution in [0.1, 0.15) is 44.7 Å². The molecule has 0 saturated carbocycles. The molecule has 0 aromatic heterocycles. The van der Waals surface area contributed by atoms with E-state index in [1.165, 1.54) is 5.56 Å². The molecule has 0 aliphatic carbocycles. The van der Waals surface area contributed by atoms with E-state index in [-0.39, 0.29) is 5.78 Å². The predicted octanol–water partition coefficient (Wildman–Crippen LogP) is 2.92. The molecule has 1 aromatic rings.